The van der Waals surface area contributed by atoms with Crippen LogP contribution in [-0.4, -0.2) is 29.8 Å². The largest absolute Gasteiger partial charge is 0.446 e. The van der Waals surface area contributed by atoms with E-state index in [-0.39, 0.29) is 12.0 Å². The van der Waals surface area contributed by atoms with Crippen molar-refractivity contribution in [2.75, 3.05) is 0 Å². The Balaban J connectivity index is 2.54. The van der Waals surface area contributed by atoms with E-state index in [4.69, 9.17) is 9.47 Å². The summed E-state index contributed by atoms with van der Waals surface area (Å²) in [6.45, 7) is 9.55. The van der Waals surface area contributed by atoms with Gasteiger partial charge in [0, 0.05) is 12.5 Å². The number of esters is 1. The van der Waals surface area contributed by atoms with Crippen molar-refractivity contribution in [3.05, 3.63) is 35.9 Å². The smallest absolute Gasteiger partial charge is 0.407 e. The lowest BCUT2D eigenvalue weighted by atomic mass is 10.1. The van der Waals surface area contributed by atoms with Gasteiger partial charge in [0.25, 0.3) is 0 Å². The maximum absolute atomic E-state index is 12.4. The van der Waals surface area contributed by atoms with Crippen LogP contribution in [0.4, 0.5) is 4.79 Å². The highest BCUT2D eigenvalue weighted by molar-refractivity contribution is 5.89. The molecule has 2 unspecified atom stereocenters. The van der Waals surface area contributed by atoms with E-state index in [2.05, 4.69) is 24.1 Å². The number of carbonyl (C=O) groups is 2. The molecule has 0 saturated heterocycles. The summed E-state index contributed by atoms with van der Waals surface area (Å²) < 4.78 is 10.9. The van der Waals surface area contributed by atoms with Crippen LogP contribution in [0.1, 0.15) is 83.5 Å². The molecule has 1 aromatic carbocycles. The minimum Gasteiger partial charge on any atom is -0.446 e. The van der Waals surface area contributed by atoms with E-state index in [9.17, 15) is 9.59 Å². The molecule has 1 N–H and O–H groups in total. The maximum atomic E-state index is 12.4. The number of rotatable bonds is 9. The van der Waals surface area contributed by atoms with Gasteiger partial charge in [0.1, 0.15) is 5.60 Å². The summed E-state index contributed by atoms with van der Waals surface area (Å²) in [5.74, 6) is 5.86. The van der Waals surface area contributed by atoms with Crippen LogP contribution in [0.15, 0.2) is 30.3 Å². The van der Waals surface area contributed by atoms with Crippen molar-refractivity contribution in [3.8, 4) is 11.8 Å². The van der Waals surface area contributed by atoms with Gasteiger partial charge in [0.05, 0.1) is 5.56 Å². The average molecular weight is 402 g/mol. The van der Waals surface area contributed by atoms with Crippen LogP contribution in [0.5, 0.6) is 0 Å². The summed E-state index contributed by atoms with van der Waals surface area (Å²) in [4.78, 5) is 24.2. The van der Waals surface area contributed by atoms with E-state index < -0.39 is 17.8 Å². The molecular weight excluding hydrogens is 366 g/mol. The molecule has 5 heteroatoms. The van der Waals surface area contributed by atoms with Gasteiger partial charge in [0.15, 0.2) is 6.10 Å². The molecule has 1 amide bonds. The molecule has 0 aromatic heterocycles. The normalized spacial score (nSPS) is 12.9. The van der Waals surface area contributed by atoms with Crippen molar-refractivity contribution in [3.63, 3.8) is 0 Å². The number of hydrogen-bond acceptors (Lipinski definition) is 4. The fraction of sp³-hybridized carbons (Fsp3) is 0.583. The Morgan fingerprint density at radius 2 is 1.79 bits per heavy atom. The zero-order valence-electron chi connectivity index (χ0n) is 18.4. The van der Waals surface area contributed by atoms with E-state index in [0.717, 1.165) is 32.1 Å². The molecule has 0 saturated carbocycles. The fourth-order valence-corrected chi connectivity index (χ4v) is 2.57. The summed E-state index contributed by atoms with van der Waals surface area (Å²) in [5.41, 5.74) is 0.00190. The number of hydrogen-bond donors (Lipinski definition) is 1. The highest BCUT2D eigenvalue weighted by Gasteiger charge is 2.18. The number of nitrogens with one attached hydrogen (secondary N) is 1. The molecule has 0 bridgehead atoms. The first kappa shape index (κ1) is 24.6. The monoisotopic (exact) mass is 401 g/mol. The molecule has 0 fully saturated rings. The molecule has 160 valence electrons. The summed E-state index contributed by atoms with van der Waals surface area (Å²) in [6, 6.07) is 8.90. The van der Waals surface area contributed by atoms with Gasteiger partial charge in [-0.3, -0.25) is 0 Å². The predicted molar refractivity (Wildman–Crippen MR) is 116 cm³/mol. The molecule has 2 atom stereocenters. The molecule has 0 spiro atoms. The standard InChI is InChI=1S/C24H35NO4/c1-6-7-8-12-17-21(28-22(26)20-15-10-9-11-16-20)18-13-14-19(2)25-23(27)29-24(3,4)5/h9-11,15-16,19,21H,6-8,13-14,18H2,1-5H3,(H,25,27). The second-order valence-corrected chi connectivity index (χ2v) is 8.16. The minimum atomic E-state index is -0.519. The van der Waals surface area contributed by atoms with Crippen molar-refractivity contribution in [1.82, 2.24) is 5.32 Å². The van der Waals surface area contributed by atoms with E-state index in [1.807, 2.05) is 45.9 Å². The Morgan fingerprint density at radius 1 is 1.10 bits per heavy atom. The molecule has 0 aliphatic heterocycles. The van der Waals surface area contributed by atoms with Crippen LogP contribution in [0.2, 0.25) is 0 Å². The van der Waals surface area contributed by atoms with Crippen molar-refractivity contribution in [2.24, 2.45) is 0 Å². The Kier molecular flexibility index (Phi) is 10.9. The first-order valence-electron chi connectivity index (χ1n) is 10.4. The Labute approximate surface area is 175 Å². The zero-order valence-corrected chi connectivity index (χ0v) is 18.4. The predicted octanol–water partition coefficient (Wildman–Crippen LogP) is 5.49. The van der Waals surface area contributed by atoms with Crippen molar-refractivity contribution < 1.29 is 19.1 Å². The molecular formula is C24H35NO4. The van der Waals surface area contributed by atoms with Crippen molar-refractivity contribution in [2.45, 2.75) is 90.9 Å². The molecule has 5 nitrogen and oxygen atoms in total. The second-order valence-electron chi connectivity index (χ2n) is 8.16. The highest BCUT2D eigenvalue weighted by Crippen LogP contribution is 2.12. The van der Waals surface area contributed by atoms with E-state index >= 15 is 0 Å². The van der Waals surface area contributed by atoms with Crippen LogP contribution < -0.4 is 5.32 Å². The quantitative estimate of drug-likeness (QED) is 0.338. The molecule has 1 rings (SSSR count). The third-order valence-corrected chi connectivity index (χ3v) is 4.04. The summed E-state index contributed by atoms with van der Waals surface area (Å²) in [6.07, 6.45) is 4.18. The summed E-state index contributed by atoms with van der Waals surface area (Å²) >= 11 is 0. The molecule has 29 heavy (non-hydrogen) atoms. The lowest BCUT2D eigenvalue weighted by Gasteiger charge is -2.22. The number of unbranched alkanes of at least 4 members (excludes halogenated alkanes) is 2. The highest BCUT2D eigenvalue weighted by atomic mass is 16.6. The topological polar surface area (TPSA) is 64.6 Å². The average Bonchev–Trinajstić information content (AvgIpc) is 2.64. The van der Waals surface area contributed by atoms with Gasteiger partial charge in [0.2, 0.25) is 0 Å². The Hall–Kier alpha value is -2.48. The first-order chi connectivity index (χ1) is 13.7. The van der Waals surface area contributed by atoms with Gasteiger partial charge in [-0.2, -0.15) is 0 Å². The van der Waals surface area contributed by atoms with Crippen LogP contribution in [0.25, 0.3) is 0 Å². The maximum Gasteiger partial charge on any atom is 0.407 e. The number of ether oxygens (including phenoxy) is 2. The molecule has 0 heterocycles. The lowest BCUT2D eigenvalue weighted by Crippen LogP contribution is -2.37. The van der Waals surface area contributed by atoms with E-state index in [0.29, 0.717) is 12.0 Å². The summed E-state index contributed by atoms with van der Waals surface area (Å²) in [5, 5.41) is 2.83. The third-order valence-electron chi connectivity index (χ3n) is 4.04. The van der Waals surface area contributed by atoms with E-state index in [1.54, 1.807) is 12.1 Å². The number of amides is 1. The van der Waals surface area contributed by atoms with E-state index in [1.165, 1.54) is 0 Å². The number of benzene rings is 1. The van der Waals surface area contributed by atoms with Crippen LogP contribution in [0, 0.1) is 11.8 Å². The van der Waals surface area contributed by atoms with Gasteiger partial charge >= 0.3 is 12.1 Å². The van der Waals surface area contributed by atoms with Gasteiger partial charge in [-0.1, -0.05) is 43.4 Å². The van der Waals surface area contributed by atoms with Crippen LogP contribution in [0.3, 0.4) is 0 Å². The number of carbonyl (C=O) groups excluding carboxylic acids is 2. The second kappa shape index (κ2) is 12.9. The third kappa shape index (κ3) is 11.8. The fourth-order valence-electron chi connectivity index (χ4n) is 2.57. The SMILES string of the molecule is CCCCC#CC(CCCC(C)NC(=O)OC(C)(C)C)OC(=O)c1ccccc1. The van der Waals surface area contributed by atoms with Crippen LogP contribution in [-0.2, 0) is 9.47 Å². The Morgan fingerprint density at radius 3 is 2.41 bits per heavy atom. The van der Waals surface area contributed by atoms with Crippen molar-refractivity contribution in [1.29, 1.82) is 0 Å². The minimum absolute atomic E-state index is 0.0385. The molecule has 0 radical (unpaired) electrons. The molecule has 0 aliphatic carbocycles. The van der Waals surface area contributed by atoms with Gasteiger partial charge in [-0.15, -0.1) is 0 Å². The van der Waals surface area contributed by atoms with Crippen molar-refractivity contribution >= 4 is 12.1 Å². The zero-order chi connectivity index (χ0) is 21.7. The van der Waals surface area contributed by atoms with Gasteiger partial charge < -0.3 is 14.8 Å². The molecule has 0 aliphatic rings. The molecule has 1 aromatic rings. The number of alkyl carbamates (subject to hydrolysis) is 1. The summed E-state index contributed by atoms with van der Waals surface area (Å²) in [7, 11) is 0. The van der Waals surface area contributed by atoms with Crippen LogP contribution >= 0.6 is 0 Å². The van der Waals surface area contributed by atoms with Gasteiger partial charge in [-0.05, 0) is 65.5 Å². The van der Waals surface area contributed by atoms with Gasteiger partial charge in [-0.25, -0.2) is 9.59 Å². The Bertz CT molecular complexity index is 682. The first-order valence-corrected chi connectivity index (χ1v) is 10.4. The lowest BCUT2D eigenvalue weighted by molar-refractivity contribution is 0.0392.